The van der Waals surface area contributed by atoms with E-state index in [4.69, 9.17) is 0 Å². The highest BCUT2D eigenvalue weighted by Gasteiger charge is 2.22. The van der Waals surface area contributed by atoms with Crippen LogP contribution >= 0.6 is 0 Å². The average Bonchev–Trinajstić information content (AvgIpc) is 2.06. The van der Waals surface area contributed by atoms with Gasteiger partial charge in [-0.25, -0.2) is 0 Å². The van der Waals surface area contributed by atoms with Crippen molar-refractivity contribution >= 4 is 0 Å². The average molecular weight is 168 g/mol. The topological polar surface area (TPSA) is 0 Å². The van der Waals surface area contributed by atoms with E-state index in [1.807, 2.05) is 0 Å². The van der Waals surface area contributed by atoms with E-state index in [0.29, 0.717) is 0 Å². The van der Waals surface area contributed by atoms with E-state index in [1.165, 1.54) is 38.5 Å². The van der Waals surface area contributed by atoms with Crippen molar-refractivity contribution in [1.29, 1.82) is 0 Å². The van der Waals surface area contributed by atoms with Gasteiger partial charge < -0.3 is 0 Å². The van der Waals surface area contributed by atoms with Crippen LogP contribution in [0.3, 0.4) is 0 Å². The third-order valence-corrected chi connectivity index (χ3v) is 3.53. The van der Waals surface area contributed by atoms with Crippen LogP contribution in [-0.2, 0) is 0 Å². The van der Waals surface area contributed by atoms with Crippen molar-refractivity contribution in [3.8, 4) is 0 Å². The Labute approximate surface area is 77.7 Å². The zero-order valence-electron chi connectivity index (χ0n) is 8.97. The molecule has 0 atom stereocenters. The summed E-state index contributed by atoms with van der Waals surface area (Å²) in [7, 11) is 0. The van der Waals surface area contributed by atoms with Crippen molar-refractivity contribution in [3.05, 3.63) is 0 Å². The van der Waals surface area contributed by atoms with Gasteiger partial charge in [0.05, 0.1) is 0 Å². The smallest absolute Gasteiger partial charge is 0.0391 e. The zero-order valence-corrected chi connectivity index (χ0v) is 8.97. The second kappa shape index (κ2) is 4.89. The van der Waals surface area contributed by atoms with Crippen LogP contribution in [0, 0.1) is 17.8 Å². The van der Waals surface area contributed by atoms with Crippen molar-refractivity contribution in [2.75, 3.05) is 0 Å². The SMILES string of the molecule is CCCC1CCC(C(C)C)CC1. The lowest BCUT2D eigenvalue weighted by molar-refractivity contribution is 0.216. The maximum atomic E-state index is 2.38. The molecule has 0 aliphatic heterocycles. The molecule has 12 heavy (non-hydrogen) atoms. The minimum absolute atomic E-state index is 0.924. The first-order valence-electron chi connectivity index (χ1n) is 5.74. The summed E-state index contributed by atoms with van der Waals surface area (Å²) in [5.74, 6) is 3.04. The normalized spacial score (nSPS) is 31.0. The van der Waals surface area contributed by atoms with Crippen LogP contribution in [0.15, 0.2) is 0 Å². The standard InChI is InChI=1S/C12H24/c1-4-5-11-6-8-12(9-7-11)10(2)3/h10-12H,4-9H2,1-3H3. The maximum Gasteiger partial charge on any atom is -0.0391 e. The predicted octanol–water partition coefficient (Wildman–Crippen LogP) is 4.25. The van der Waals surface area contributed by atoms with E-state index < -0.39 is 0 Å². The van der Waals surface area contributed by atoms with E-state index in [-0.39, 0.29) is 0 Å². The molecule has 0 heteroatoms. The maximum absolute atomic E-state index is 2.38. The summed E-state index contributed by atoms with van der Waals surface area (Å²) in [5, 5.41) is 0. The van der Waals surface area contributed by atoms with Crippen LogP contribution in [0.2, 0.25) is 0 Å². The van der Waals surface area contributed by atoms with Crippen LogP contribution in [0.1, 0.15) is 59.3 Å². The minimum Gasteiger partial charge on any atom is -0.0654 e. The minimum atomic E-state index is 0.924. The van der Waals surface area contributed by atoms with E-state index >= 15 is 0 Å². The third-order valence-electron chi connectivity index (χ3n) is 3.53. The first-order chi connectivity index (χ1) is 5.74. The van der Waals surface area contributed by atoms with Crippen molar-refractivity contribution in [2.24, 2.45) is 17.8 Å². The monoisotopic (exact) mass is 168 g/mol. The Hall–Kier alpha value is 0. The molecule has 0 radical (unpaired) electrons. The van der Waals surface area contributed by atoms with Gasteiger partial charge in [-0.05, 0) is 30.6 Å². The lowest BCUT2D eigenvalue weighted by Gasteiger charge is -2.30. The summed E-state index contributed by atoms with van der Waals surface area (Å²) in [5.41, 5.74) is 0. The van der Waals surface area contributed by atoms with Gasteiger partial charge in [0.1, 0.15) is 0 Å². The first kappa shape index (κ1) is 10.1. The molecule has 1 rings (SSSR count). The molecule has 0 bridgehead atoms. The fourth-order valence-electron chi connectivity index (χ4n) is 2.55. The largest absolute Gasteiger partial charge is 0.0654 e. The molecular weight excluding hydrogens is 144 g/mol. The highest BCUT2D eigenvalue weighted by Crippen LogP contribution is 2.34. The van der Waals surface area contributed by atoms with E-state index in [9.17, 15) is 0 Å². The summed E-state index contributed by atoms with van der Waals surface area (Å²) >= 11 is 0. The Kier molecular flexibility index (Phi) is 4.11. The van der Waals surface area contributed by atoms with Gasteiger partial charge in [-0.2, -0.15) is 0 Å². The zero-order chi connectivity index (χ0) is 8.97. The number of rotatable bonds is 3. The molecular formula is C12H24. The molecule has 0 saturated heterocycles. The van der Waals surface area contributed by atoms with Gasteiger partial charge in [-0.15, -0.1) is 0 Å². The van der Waals surface area contributed by atoms with E-state index in [1.54, 1.807) is 0 Å². The number of hydrogen-bond donors (Lipinski definition) is 0. The Morgan fingerprint density at radius 2 is 1.67 bits per heavy atom. The van der Waals surface area contributed by atoms with Gasteiger partial charge in [0, 0.05) is 0 Å². The third kappa shape index (κ3) is 2.80. The Morgan fingerprint density at radius 1 is 1.08 bits per heavy atom. The molecule has 0 amide bonds. The molecule has 1 aliphatic carbocycles. The Morgan fingerprint density at radius 3 is 2.08 bits per heavy atom. The van der Waals surface area contributed by atoms with Crippen LogP contribution < -0.4 is 0 Å². The predicted molar refractivity (Wildman–Crippen MR) is 55.2 cm³/mol. The molecule has 0 heterocycles. The summed E-state index contributed by atoms with van der Waals surface area (Å²) < 4.78 is 0. The van der Waals surface area contributed by atoms with Gasteiger partial charge in [0.15, 0.2) is 0 Å². The fourth-order valence-corrected chi connectivity index (χ4v) is 2.55. The molecule has 1 saturated carbocycles. The summed E-state index contributed by atoms with van der Waals surface area (Å²) in [6.07, 6.45) is 8.89. The molecule has 72 valence electrons. The molecule has 0 unspecified atom stereocenters. The van der Waals surface area contributed by atoms with Crippen molar-refractivity contribution in [3.63, 3.8) is 0 Å². The quantitative estimate of drug-likeness (QED) is 0.591. The van der Waals surface area contributed by atoms with Gasteiger partial charge in [0.2, 0.25) is 0 Å². The van der Waals surface area contributed by atoms with Crippen LogP contribution in [-0.4, -0.2) is 0 Å². The summed E-state index contributed by atoms with van der Waals surface area (Å²) in [4.78, 5) is 0. The van der Waals surface area contributed by atoms with Gasteiger partial charge in [-0.3, -0.25) is 0 Å². The fraction of sp³-hybridized carbons (Fsp3) is 1.00. The number of hydrogen-bond acceptors (Lipinski definition) is 0. The van der Waals surface area contributed by atoms with Crippen molar-refractivity contribution in [1.82, 2.24) is 0 Å². The molecule has 0 spiro atoms. The lowest BCUT2D eigenvalue weighted by atomic mass is 9.76. The van der Waals surface area contributed by atoms with Crippen LogP contribution in [0.4, 0.5) is 0 Å². The van der Waals surface area contributed by atoms with Crippen LogP contribution in [0.25, 0.3) is 0 Å². The second-order valence-electron chi connectivity index (χ2n) is 4.81. The summed E-state index contributed by atoms with van der Waals surface area (Å²) in [6, 6.07) is 0. The van der Waals surface area contributed by atoms with Crippen LogP contribution in [0.5, 0.6) is 0 Å². The van der Waals surface area contributed by atoms with Gasteiger partial charge in [0.25, 0.3) is 0 Å². The molecule has 0 aromatic heterocycles. The highest BCUT2D eigenvalue weighted by atomic mass is 14.3. The van der Waals surface area contributed by atoms with Crippen molar-refractivity contribution in [2.45, 2.75) is 59.3 Å². The molecule has 1 aliphatic rings. The first-order valence-corrected chi connectivity index (χ1v) is 5.74. The van der Waals surface area contributed by atoms with E-state index in [0.717, 1.165) is 17.8 Å². The van der Waals surface area contributed by atoms with Gasteiger partial charge in [-0.1, -0.05) is 46.5 Å². The summed E-state index contributed by atoms with van der Waals surface area (Å²) in [6.45, 7) is 7.07. The Bertz CT molecular complexity index is 107. The molecule has 0 aromatic rings. The highest BCUT2D eigenvalue weighted by molar-refractivity contribution is 4.73. The van der Waals surface area contributed by atoms with Crippen molar-refractivity contribution < 1.29 is 0 Å². The van der Waals surface area contributed by atoms with E-state index in [2.05, 4.69) is 20.8 Å². The van der Waals surface area contributed by atoms with Gasteiger partial charge >= 0.3 is 0 Å². The molecule has 1 fully saturated rings. The molecule has 0 aromatic carbocycles. The molecule has 0 nitrogen and oxygen atoms in total. The second-order valence-corrected chi connectivity index (χ2v) is 4.81. The Balaban J connectivity index is 2.20. The molecule has 0 N–H and O–H groups in total. The lowest BCUT2D eigenvalue weighted by Crippen LogP contribution is -2.18.